The van der Waals surface area contributed by atoms with Crippen LogP contribution in [0.1, 0.15) is 12.8 Å². The number of benzene rings is 1. The van der Waals surface area contributed by atoms with E-state index >= 15 is 0 Å². The van der Waals surface area contributed by atoms with E-state index in [-0.39, 0.29) is 5.91 Å². The Balaban J connectivity index is 1.47. The molecule has 1 saturated carbocycles. The number of nitrogens with one attached hydrogen (secondary N) is 3. The van der Waals surface area contributed by atoms with Gasteiger partial charge in [0.2, 0.25) is 5.91 Å². The predicted octanol–water partition coefficient (Wildman–Crippen LogP) is 2.76. The van der Waals surface area contributed by atoms with E-state index in [9.17, 15) is 4.79 Å². The molecule has 22 heavy (non-hydrogen) atoms. The van der Waals surface area contributed by atoms with Gasteiger partial charge < -0.3 is 16.0 Å². The molecule has 0 radical (unpaired) electrons. The largest absolute Gasteiger partial charge is 0.340 e. The summed E-state index contributed by atoms with van der Waals surface area (Å²) in [5, 5.41) is 9.20. The van der Waals surface area contributed by atoms with Crippen LogP contribution in [0, 0.1) is 5.92 Å². The molecule has 0 spiro atoms. The van der Waals surface area contributed by atoms with Crippen molar-refractivity contribution < 1.29 is 4.79 Å². The van der Waals surface area contributed by atoms with E-state index < -0.39 is 0 Å². The lowest BCUT2D eigenvalue weighted by molar-refractivity contribution is -0.115. The predicted molar refractivity (Wildman–Crippen MR) is 88.2 cm³/mol. The van der Waals surface area contributed by atoms with Gasteiger partial charge in [-0.3, -0.25) is 4.79 Å². The van der Waals surface area contributed by atoms with E-state index in [1.54, 1.807) is 6.20 Å². The average Bonchev–Trinajstić information content (AvgIpc) is 3.35. The third-order valence-electron chi connectivity index (χ3n) is 3.51. The molecule has 3 rings (SSSR count). The van der Waals surface area contributed by atoms with Gasteiger partial charge in [0.1, 0.15) is 5.82 Å². The third kappa shape index (κ3) is 4.56. The molecular weight excluding hydrogens is 276 g/mol. The number of carbonyl (C=O) groups is 1. The van der Waals surface area contributed by atoms with Crippen molar-refractivity contribution in [3.8, 4) is 0 Å². The molecule has 2 aromatic rings. The summed E-state index contributed by atoms with van der Waals surface area (Å²) in [7, 11) is 0. The summed E-state index contributed by atoms with van der Waals surface area (Å²) >= 11 is 0. The number of aromatic nitrogens is 1. The third-order valence-corrected chi connectivity index (χ3v) is 3.51. The van der Waals surface area contributed by atoms with Crippen molar-refractivity contribution in [1.29, 1.82) is 0 Å². The molecule has 0 bridgehead atoms. The van der Waals surface area contributed by atoms with Crippen LogP contribution in [0.15, 0.2) is 48.7 Å². The Morgan fingerprint density at radius 2 is 1.91 bits per heavy atom. The molecule has 1 amide bonds. The first-order chi connectivity index (χ1) is 10.8. The zero-order valence-corrected chi connectivity index (χ0v) is 12.4. The van der Waals surface area contributed by atoms with Crippen molar-refractivity contribution in [3.05, 3.63) is 48.7 Å². The van der Waals surface area contributed by atoms with Crippen LogP contribution in [0.2, 0.25) is 0 Å². The topological polar surface area (TPSA) is 66.1 Å². The standard InChI is InChI=1S/C17H20N4O/c22-17(12-18-10-13-6-7-13)21-15-8-9-16(19-11-15)20-14-4-2-1-3-5-14/h1-5,8-9,11,13,18H,6-7,10,12H2,(H,19,20)(H,21,22). The summed E-state index contributed by atoms with van der Waals surface area (Å²) in [5.74, 6) is 1.49. The number of para-hydroxylation sites is 1. The normalized spacial score (nSPS) is 13.6. The van der Waals surface area contributed by atoms with E-state index in [1.165, 1.54) is 12.8 Å². The number of nitrogens with zero attached hydrogens (tertiary/aromatic N) is 1. The van der Waals surface area contributed by atoms with Crippen LogP contribution in [0.25, 0.3) is 0 Å². The summed E-state index contributed by atoms with van der Waals surface area (Å²) in [4.78, 5) is 16.1. The first kappa shape index (κ1) is 14.5. The second kappa shape index (κ2) is 7.04. The Morgan fingerprint density at radius 1 is 1.09 bits per heavy atom. The quantitative estimate of drug-likeness (QED) is 0.735. The maximum Gasteiger partial charge on any atom is 0.238 e. The molecule has 0 atom stereocenters. The Labute approximate surface area is 130 Å². The first-order valence-corrected chi connectivity index (χ1v) is 7.58. The lowest BCUT2D eigenvalue weighted by Gasteiger charge is -2.08. The van der Waals surface area contributed by atoms with Crippen LogP contribution >= 0.6 is 0 Å². The molecule has 1 heterocycles. The lowest BCUT2D eigenvalue weighted by Crippen LogP contribution is -2.29. The molecule has 5 heteroatoms. The highest BCUT2D eigenvalue weighted by Gasteiger charge is 2.20. The van der Waals surface area contributed by atoms with Crippen molar-refractivity contribution in [2.45, 2.75) is 12.8 Å². The van der Waals surface area contributed by atoms with E-state index in [0.29, 0.717) is 12.2 Å². The summed E-state index contributed by atoms with van der Waals surface area (Å²) in [6, 6.07) is 13.5. The zero-order chi connectivity index (χ0) is 15.2. The molecule has 1 aliphatic carbocycles. The van der Waals surface area contributed by atoms with Gasteiger partial charge in [0.15, 0.2) is 0 Å². The molecule has 114 valence electrons. The second-order valence-electron chi connectivity index (χ2n) is 5.55. The van der Waals surface area contributed by atoms with E-state index in [0.717, 1.165) is 24.0 Å². The highest BCUT2D eigenvalue weighted by Crippen LogP contribution is 2.27. The summed E-state index contributed by atoms with van der Waals surface area (Å²) < 4.78 is 0. The van der Waals surface area contributed by atoms with Crippen LogP contribution < -0.4 is 16.0 Å². The molecule has 0 unspecified atom stereocenters. The fourth-order valence-corrected chi connectivity index (χ4v) is 2.13. The van der Waals surface area contributed by atoms with Gasteiger partial charge in [0.25, 0.3) is 0 Å². The molecule has 0 saturated heterocycles. The van der Waals surface area contributed by atoms with Gasteiger partial charge in [-0.25, -0.2) is 4.98 Å². The van der Waals surface area contributed by atoms with Gasteiger partial charge >= 0.3 is 0 Å². The Bertz CT molecular complexity index is 608. The SMILES string of the molecule is O=C(CNCC1CC1)Nc1ccc(Nc2ccccc2)nc1. The smallest absolute Gasteiger partial charge is 0.238 e. The summed E-state index contributed by atoms with van der Waals surface area (Å²) in [5.41, 5.74) is 1.69. The number of pyridine rings is 1. The van der Waals surface area contributed by atoms with Crippen LogP contribution in [0.5, 0.6) is 0 Å². The van der Waals surface area contributed by atoms with Gasteiger partial charge in [0, 0.05) is 5.69 Å². The number of amides is 1. The molecule has 0 aliphatic heterocycles. The minimum atomic E-state index is -0.0359. The van der Waals surface area contributed by atoms with Crippen molar-refractivity contribution in [2.24, 2.45) is 5.92 Å². The molecule has 1 fully saturated rings. The maximum absolute atomic E-state index is 11.8. The fraction of sp³-hybridized carbons (Fsp3) is 0.294. The van der Waals surface area contributed by atoms with Gasteiger partial charge in [-0.2, -0.15) is 0 Å². The summed E-state index contributed by atoms with van der Waals surface area (Å²) in [6.45, 7) is 1.28. The van der Waals surface area contributed by atoms with Gasteiger partial charge in [-0.1, -0.05) is 18.2 Å². The lowest BCUT2D eigenvalue weighted by atomic mass is 10.3. The van der Waals surface area contributed by atoms with Crippen LogP contribution in [0.4, 0.5) is 17.2 Å². The first-order valence-electron chi connectivity index (χ1n) is 7.58. The van der Waals surface area contributed by atoms with E-state index in [1.807, 2.05) is 42.5 Å². The molecular formula is C17H20N4O. The van der Waals surface area contributed by atoms with E-state index in [4.69, 9.17) is 0 Å². The van der Waals surface area contributed by atoms with E-state index in [2.05, 4.69) is 20.9 Å². The maximum atomic E-state index is 11.8. The minimum Gasteiger partial charge on any atom is -0.340 e. The highest BCUT2D eigenvalue weighted by molar-refractivity contribution is 5.92. The number of carbonyl (C=O) groups excluding carboxylic acids is 1. The second-order valence-corrected chi connectivity index (χ2v) is 5.55. The number of anilines is 3. The number of hydrogen-bond acceptors (Lipinski definition) is 4. The van der Waals surface area contributed by atoms with Crippen LogP contribution in [-0.4, -0.2) is 24.0 Å². The summed E-state index contributed by atoms with van der Waals surface area (Å²) in [6.07, 6.45) is 4.23. The fourth-order valence-electron chi connectivity index (χ4n) is 2.13. The van der Waals surface area contributed by atoms with Crippen molar-refractivity contribution in [1.82, 2.24) is 10.3 Å². The Kier molecular flexibility index (Phi) is 4.65. The highest BCUT2D eigenvalue weighted by atomic mass is 16.1. The van der Waals surface area contributed by atoms with Crippen LogP contribution in [-0.2, 0) is 4.79 Å². The van der Waals surface area contributed by atoms with Crippen molar-refractivity contribution >= 4 is 23.1 Å². The number of hydrogen-bond donors (Lipinski definition) is 3. The molecule has 1 aromatic heterocycles. The average molecular weight is 296 g/mol. The molecule has 1 aliphatic rings. The van der Waals surface area contributed by atoms with Crippen molar-refractivity contribution in [3.63, 3.8) is 0 Å². The van der Waals surface area contributed by atoms with Gasteiger partial charge in [0.05, 0.1) is 18.4 Å². The number of rotatable bonds is 7. The zero-order valence-electron chi connectivity index (χ0n) is 12.4. The van der Waals surface area contributed by atoms with Gasteiger partial charge in [-0.05, 0) is 49.6 Å². The molecule has 3 N–H and O–H groups in total. The Morgan fingerprint density at radius 3 is 2.59 bits per heavy atom. The van der Waals surface area contributed by atoms with Crippen LogP contribution in [0.3, 0.4) is 0 Å². The Hall–Kier alpha value is -2.40. The molecule has 5 nitrogen and oxygen atoms in total. The van der Waals surface area contributed by atoms with Gasteiger partial charge in [-0.15, -0.1) is 0 Å². The monoisotopic (exact) mass is 296 g/mol. The molecule has 1 aromatic carbocycles. The minimum absolute atomic E-state index is 0.0359. The van der Waals surface area contributed by atoms with Crippen molar-refractivity contribution in [2.75, 3.05) is 23.7 Å².